The molecule has 1 saturated heterocycles. The summed E-state index contributed by atoms with van der Waals surface area (Å²) in [6, 6.07) is 10.5. The van der Waals surface area contributed by atoms with Gasteiger partial charge in [-0.05, 0) is 12.1 Å². The maximum atomic E-state index is 5.68. The van der Waals surface area contributed by atoms with Gasteiger partial charge in [-0.15, -0.1) is 12.4 Å². The van der Waals surface area contributed by atoms with E-state index in [2.05, 4.69) is 29.2 Å². The molecule has 1 aliphatic heterocycles. The van der Waals surface area contributed by atoms with E-state index >= 15 is 0 Å². The molecule has 0 aromatic heterocycles. The molecule has 1 aliphatic rings. The number of hydrogen-bond donors (Lipinski definition) is 1. The van der Waals surface area contributed by atoms with E-state index in [-0.39, 0.29) is 12.4 Å². The topological polar surface area (TPSA) is 32.5 Å². The lowest BCUT2D eigenvalue weighted by Crippen LogP contribution is -2.49. The van der Waals surface area contributed by atoms with Gasteiger partial charge >= 0.3 is 0 Å². The molecule has 0 atom stereocenters. The Morgan fingerprint density at radius 2 is 1.50 bits per heavy atom. The largest absolute Gasteiger partial charge is 0.369 e. The van der Waals surface area contributed by atoms with Crippen LogP contribution >= 0.6 is 12.4 Å². The second-order valence-corrected chi connectivity index (χ2v) is 3.36. The lowest BCUT2D eigenvalue weighted by Gasteiger charge is -2.33. The summed E-state index contributed by atoms with van der Waals surface area (Å²) in [7, 11) is 0. The van der Waals surface area contributed by atoms with E-state index < -0.39 is 0 Å². The van der Waals surface area contributed by atoms with E-state index in [1.807, 2.05) is 11.1 Å². The van der Waals surface area contributed by atoms with E-state index in [0.717, 1.165) is 26.2 Å². The predicted molar refractivity (Wildman–Crippen MR) is 61.7 cm³/mol. The Kier molecular flexibility index (Phi) is 4.20. The zero-order valence-electron chi connectivity index (χ0n) is 8.10. The van der Waals surface area contributed by atoms with E-state index in [9.17, 15) is 0 Å². The molecule has 2 N–H and O–H groups in total. The molecule has 78 valence electrons. The van der Waals surface area contributed by atoms with Crippen molar-refractivity contribution in [2.24, 2.45) is 5.84 Å². The lowest BCUT2D eigenvalue weighted by atomic mass is 10.2. The van der Waals surface area contributed by atoms with Crippen molar-refractivity contribution in [3.05, 3.63) is 30.3 Å². The van der Waals surface area contributed by atoms with Crippen LogP contribution in [-0.2, 0) is 0 Å². The number of anilines is 1. The van der Waals surface area contributed by atoms with Gasteiger partial charge in [0.05, 0.1) is 0 Å². The van der Waals surface area contributed by atoms with Gasteiger partial charge < -0.3 is 4.90 Å². The normalized spacial score (nSPS) is 17.6. The molecule has 0 bridgehead atoms. The molecule has 14 heavy (non-hydrogen) atoms. The third-order valence-electron chi connectivity index (χ3n) is 2.44. The first-order chi connectivity index (χ1) is 6.36. The highest BCUT2D eigenvalue weighted by Crippen LogP contribution is 2.14. The van der Waals surface area contributed by atoms with Crippen molar-refractivity contribution in [1.29, 1.82) is 0 Å². The zero-order valence-corrected chi connectivity index (χ0v) is 8.91. The molecule has 1 heterocycles. The fourth-order valence-electron chi connectivity index (χ4n) is 1.62. The van der Waals surface area contributed by atoms with Gasteiger partial charge in [0.1, 0.15) is 0 Å². The zero-order chi connectivity index (χ0) is 9.10. The van der Waals surface area contributed by atoms with Crippen LogP contribution in [0.2, 0.25) is 0 Å². The standard InChI is InChI=1S/C10H15N3.ClH/c11-13-8-6-12(7-9-13)10-4-2-1-3-5-10;/h1-5H,6-9,11H2;1H. The number of rotatable bonds is 1. The van der Waals surface area contributed by atoms with E-state index in [0.29, 0.717) is 0 Å². The third-order valence-corrected chi connectivity index (χ3v) is 2.44. The van der Waals surface area contributed by atoms with Crippen LogP contribution in [0, 0.1) is 0 Å². The van der Waals surface area contributed by atoms with Crippen LogP contribution in [-0.4, -0.2) is 31.2 Å². The van der Waals surface area contributed by atoms with E-state index in [4.69, 9.17) is 5.84 Å². The molecule has 0 aliphatic carbocycles. The highest BCUT2D eigenvalue weighted by Gasteiger charge is 2.13. The minimum atomic E-state index is 0. The molecule has 0 saturated carbocycles. The van der Waals surface area contributed by atoms with Crippen LogP contribution in [0.3, 0.4) is 0 Å². The predicted octanol–water partition coefficient (Wildman–Crippen LogP) is 1.10. The molecule has 0 spiro atoms. The minimum Gasteiger partial charge on any atom is -0.369 e. The number of benzene rings is 1. The Labute approximate surface area is 90.9 Å². The summed E-state index contributed by atoms with van der Waals surface area (Å²) in [5, 5.41) is 1.87. The molecule has 1 aromatic carbocycles. The first kappa shape index (κ1) is 11.3. The number of nitrogens with zero attached hydrogens (tertiary/aromatic N) is 2. The second-order valence-electron chi connectivity index (χ2n) is 3.36. The Bertz CT molecular complexity index is 257. The van der Waals surface area contributed by atoms with E-state index in [1.54, 1.807) is 0 Å². The van der Waals surface area contributed by atoms with Crippen LogP contribution < -0.4 is 10.7 Å². The number of hydrogen-bond acceptors (Lipinski definition) is 3. The smallest absolute Gasteiger partial charge is 0.0367 e. The number of nitrogens with two attached hydrogens (primary N) is 1. The van der Waals surface area contributed by atoms with Crippen molar-refractivity contribution in [3.63, 3.8) is 0 Å². The highest BCUT2D eigenvalue weighted by atomic mass is 35.5. The lowest BCUT2D eigenvalue weighted by molar-refractivity contribution is 0.266. The third kappa shape index (κ3) is 2.61. The molecular formula is C10H16ClN3. The molecule has 0 unspecified atom stereocenters. The maximum absolute atomic E-state index is 5.68. The molecule has 1 fully saturated rings. The quantitative estimate of drug-likeness (QED) is 0.710. The Morgan fingerprint density at radius 3 is 2.07 bits per heavy atom. The molecule has 0 amide bonds. The molecule has 1 aromatic rings. The average Bonchev–Trinajstić information content (AvgIpc) is 2.20. The van der Waals surface area contributed by atoms with Crippen molar-refractivity contribution in [1.82, 2.24) is 5.01 Å². The maximum Gasteiger partial charge on any atom is 0.0367 e. The fraction of sp³-hybridized carbons (Fsp3) is 0.400. The molecule has 0 radical (unpaired) electrons. The SMILES string of the molecule is Cl.NN1CCN(c2ccccc2)CC1. The van der Waals surface area contributed by atoms with Crippen LogP contribution in [0.25, 0.3) is 0 Å². The van der Waals surface area contributed by atoms with Gasteiger partial charge in [-0.1, -0.05) is 18.2 Å². The van der Waals surface area contributed by atoms with Crippen molar-refractivity contribution < 1.29 is 0 Å². The fourth-order valence-corrected chi connectivity index (χ4v) is 1.62. The Hall–Kier alpha value is -0.770. The van der Waals surface area contributed by atoms with Crippen LogP contribution in [0.4, 0.5) is 5.69 Å². The minimum absolute atomic E-state index is 0. The Balaban J connectivity index is 0.000000980. The van der Waals surface area contributed by atoms with Crippen LogP contribution in [0.1, 0.15) is 0 Å². The Morgan fingerprint density at radius 1 is 0.929 bits per heavy atom. The van der Waals surface area contributed by atoms with Crippen molar-refractivity contribution in [2.45, 2.75) is 0 Å². The molecular weight excluding hydrogens is 198 g/mol. The first-order valence-corrected chi connectivity index (χ1v) is 4.66. The van der Waals surface area contributed by atoms with Gasteiger partial charge in [0.2, 0.25) is 0 Å². The number of halogens is 1. The molecule has 4 heteroatoms. The van der Waals surface area contributed by atoms with Crippen molar-refractivity contribution in [3.8, 4) is 0 Å². The van der Waals surface area contributed by atoms with Gasteiger partial charge in [-0.25, -0.2) is 5.01 Å². The summed E-state index contributed by atoms with van der Waals surface area (Å²) >= 11 is 0. The number of hydrazine groups is 1. The number of piperazine rings is 1. The van der Waals surface area contributed by atoms with Gasteiger partial charge in [0, 0.05) is 31.9 Å². The second kappa shape index (κ2) is 5.20. The summed E-state index contributed by atoms with van der Waals surface area (Å²) in [6.45, 7) is 3.96. The van der Waals surface area contributed by atoms with Crippen molar-refractivity contribution >= 4 is 18.1 Å². The van der Waals surface area contributed by atoms with Crippen LogP contribution in [0.15, 0.2) is 30.3 Å². The van der Waals surface area contributed by atoms with Gasteiger partial charge in [0.25, 0.3) is 0 Å². The summed E-state index contributed by atoms with van der Waals surface area (Å²) in [6.07, 6.45) is 0. The average molecular weight is 214 g/mol. The highest BCUT2D eigenvalue weighted by molar-refractivity contribution is 5.85. The van der Waals surface area contributed by atoms with Gasteiger partial charge in [0.15, 0.2) is 0 Å². The first-order valence-electron chi connectivity index (χ1n) is 4.66. The summed E-state index contributed by atoms with van der Waals surface area (Å²) in [5.41, 5.74) is 1.30. The van der Waals surface area contributed by atoms with E-state index in [1.165, 1.54) is 5.69 Å². The molecule has 2 rings (SSSR count). The monoisotopic (exact) mass is 213 g/mol. The summed E-state index contributed by atoms with van der Waals surface area (Å²) in [5.74, 6) is 5.68. The van der Waals surface area contributed by atoms with Gasteiger partial charge in [-0.3, -0.25) is 5.84 Å². The summed E-state index contributed by atoms with van der Waals surface area (Å²) in [4.78, 5) is 2.36. The number of para-hydroxylation sites is 1. The molecule has 3 nitrogen and oxygen atoms in total. The summed E-state index contributed by atoms with van der Waals surface area (Å²) < 4.78 is 0. The van der Waals surface area contributed by atoms with Crippen molar-refractivity contribution in [2.75, 3.05) is 31.1 Å². The van der Waals surface area contributed by atoms with Crippen LogP contribution in [0.5, 0.6) is 0 Å². The van der Waals surface area contributed by atoms with Gasteiger partial charge in [-0.2, -0.15) is 0 Å².